The van der Waals surface area contributed by atoms with Gasteiger partial charge in [-0.2, -0.15) is 0 Å². The Balaban J connectivity index is 1.40. The van der Waals surface area contributed by atoms with Gasteiger partial charge in [0.05, 0.1) is 11.8 Å². The smallest absolute Gasteiger partial charge is 0.237 e. The van der Waals surface area contributed by atoms with Gasteiger partial charge in [0.1, 0.15) is 0 Å². The minimum atomic E-state index is -0.379. The maximum absolute atomic E-state index is 12.5. The molecule has 0 fully saturated rings. The lowest BCUT2D eigenvalue weighted by Gasteiger charge is -2.12. The van der Waals surface area contributed by atoms with Crippen LogP contribution in [0.15, 0.2) is 53.7 Å². The van der Waals surface area contributed by atoms with Gasteiger partial charge in [0, 0.05) is 11.8 Å². The summed E-state index contributed by atoms with van der Waals surface area (Å²) in [5.41, 5.74) is 1.74. The molecule has 3 aromatic rings. The summed E-state index contributed by atoms with van der Waals surface area (Å²) in [6.07, 6.45) is 0. The number of nitrogens with one attached hydrogen (secondary N) is 1. The zero-order valence-corrected chi connectivity index (χ0v) is 15.3. The predicted octanol–water partition coefficient (Wildman–Crippen LogP) is 2.57. The Morgan fingerprint density at radius 1 is 1.22 bits per heavy atom. The molecule has 1 aliphatic rings. The number of ether oxygens (including phenoxy) is 2. The van der Waals surface area contributed by atoms with E-state index in [1.807, 2.05) is 37.3 Å². The van der Waals surface area contributed by atoms with Gasteiger partial charge in [0.15, 0.2) is 11.5 Å². The van der Waals surface area contributed by atoms with Gasteiger partial charge in [-0.3, -0.25) is 4.79 Å². The summed E-state index contributed by atoms with van der Waals surface area (Å²) >= 11 is 1.31. The summed E-state index contributed by atoms with van der Waals surface area (Å²) in [5, 5.41) is 14.9. The van der Waals surface area contributed by atoms with Crippen molar-refractivity contribution in [3.8, 4) is 11.5 Å². The molecule has 2 aromatic carbocycles. The monoisotopic (exact) mass is 383 g/mol. The zero-order valence-electron chi connectivity index (χ0n) is 14.5. The molecule has 0 unspecified atom stereocenters. The summed E-state index contributed by atoms with van der Waals surface area (Å²) in [7, 11) is 0. The van der Waals surface area contributed by atoms with E-state index >= 15 is 0 Å². The van der Waals surface area contributed by atoms with Gasteiger partial charge in [-0.25, -0.2) is 4.68 Å². The molecule has 0 aliphatic carbocycles. The van der Waals surface area contributed by atoms with Crippen LogP contribution in [0.3, 0.4) is 0 Å². The molecule has 0 bridgehead atoms. The first kappa shape index (κ1) is 17.3. The van der Waals surface area contributed by atoms with Gasteiger partial charge in [0.25, 0.3) is 0 Å². The largest absolute Gasteiger partial charge is 0.454 e. The Labute approximate surface area is 159 Å². The van der Waals surface area contributed by atoms with Gasteiger partial charge >= 0.3 is 0 Å². The SMILES string of the molecule is C[C@H](Sc1nnnn1Cc1ccccc1)C(=O)Nc1ccc2c(c1)OCO2. The van der Waals surface area contributed by atoms with E-state index in [9.17, 15) is 4.79 Å². The molecule has 2 heterocycles. The summed E-state index contributed by atoms with van der Waals surface area (Å²) < 4.78 is 12.3. The van der Waals surface area contributed by atoms with E-state index in [1.54, 1.807) is 22.9 Å². The number of hydrogen-bond acceptors (Lipinski definition) is 7. The van der Waals surface area contributed by atoms with Crippen molar-refractivity contribution in [1.82, 2.24) is 20.2 Å². The van der Waals surface area contributed by atoms with Crippen LogP contribution in [0.2, 0.25) is 0 Å². The lowest BCUT2D eigenvalue weighted by Crippen LogP contribution is -2.23. The van der Waals surface area contributed by atoms with Crippen LogP contribution in [0, 0.1) is 0 Å². The van der Waals surface area contributed by atoms with Crippen LogP contribution in [0.5, 0.6) is 11.5 Å². The Bertz CT molecular complexity index is 947. The van der Waals surface area contributed by atoms with Crippen LogP contribution < -0.4 is 14.8 Å². The van der Waals surface area contributed by atoms with Gasteiger partial charge < -0.3 is 14.8 Å². The molecule has 4 rings (SSSR count). The number of hydrogen-bond donors (Lipinski definition) is 1. The minimum absolute atomic E-state index is 0.145. The lowest BCUT2D eigenvalue weighted by molar-refractivity contribution is -0.115. The van der Waals surface area contributed by atoms with Gasteiger partial charge in [-0.1, -0.05) is 42.1 Å². The molecule has 9 heteroatoms. The fourth-order valence-electron chi connectivity index (χ4n) is 2.57. The highest BCUT2D eigenvalue weighted by molar-refractivity contribution is 8.00. The maximum atomic E-state index is 12.5. The second-order valence-corrected chi connectivity index (χ2v) is 7.23. The number of thioether (sulfide) groups is 1. The van der Waals surface area contributed by atoms with E-state index in [4.69, 9.17) is 9.47 Å². The quantitative estimate of drug-likeness (QED) is 0.654. The topological polar surface area (TPSA) is 91.2 Å². The average molecular weight is 383 g/mol. The molecule has 1 aliphatic heterocycles. The van der Waals surface area contributed by atoms with Crippen molar-refractivity contribution in [3.05, 3.63) is 54.1 Å². The molecule has 1 amide bonds. The molecular formula is C18H17N5O3S. The second kappa shape index (κ2) is 7.67. The molecule has 27 heavy (non-hydrogen) atoms. The number of nitrogens with zero attached hydrogens (tertiary/aromatic N) is 4. The first-order chi connectivity index (χ1) is 13.2. The van der Waals surface area contributed by atoms with Crippen LogP contribution in [0.25, 0.3) is 0 Å². The summed E-state index contributed by atoms with van der Waals surface area (Å²) in [6, 6.07) is 15.2. The lowest BCUT2D eigenvalue weighted by atomic mass is 10.2. The molecule has 138 valence electrons. The number of rotatable bonds is 6. The highest BCUT2D eigenvalue weighted by atomic mass is 32.2. The minimum Gasteiger partial charge on any atom is -0.454 e. The first-order valence-corrected chi connectivity index (χ1v) is 9.24. The molecule has 0 radical (unpaired) electrons. The van der Waals surface area contributed by atoms with Crippen LogP contribution in [0.4, 0.5) is 5.69 Å². The highest BCUT2D eigenvalue weighted by Crippen LogP contribution is 2.34. The van der Waals surface area contributed by atoms with Gasteiger partial charge in [-0.05, 0) is 35.0 Å². The predicted molar refractivity (Wildman–Crippen MR) is 99.9 cm³/mol. The van der Waals surface area contributed by atoms with E-state index in [-0.39, 0.29) is 18.0 Å². The molecule has 1 N–H and O–H groups in total. The molecule has 0 saturated carbocycles. The molecule has 0 spiro atoms. The summed E-state index contributed by atoms with van der Waals surface area (Å²) in [4.78, 5) is 12.5. The third-order valence-corrected chi connectivity index (χ3v) is 5.04. The van der Waals surface area contributed by atoms with Crippen molar-refractivity contribution in [2.45, 2.75) is 23.9 Å². The molecule has 8 nitrogen and oxygen atoms in total. The summed E-state index contributed by atoms with van der Waals surface area (Å²) in [6.45, 7) is 2.56. The number of anilines is 1. The molecular weight excluding hydrogens is 366 g/mol. The summed E-state index contributed by atoms with van der Waals surface area (Å²) in [5.74, 6) is 1.16. The number of fused-ring (bicyclic) bond motifs is 1. The van der Waals surface area contributed by atoms with Crippen molar-refractivity contribution in [2.75, 3.05) is 12.1 Å². The number of aromatic nitrogens is 4. The van der Waals surface area contributed by atoms with Crippen molar-refractivity contribution >= 4 is 23.4 Å². The van der Waals surface area contributed by atoms with Crippen LogP contribution in [0.1, 0.15) is 12.5 Å². The Morgan fingerprint density at radius 3 is 2.89 bits per heavy atom. The number of carbonyl (C=O) groups excluding carboxylic acids is 1. The van der Waals surface area contributed by atoms with Crippen molar-refractivity contribution < 1.29 is 14.3 Å². The third-order valence-electron chi connectivity index (χ3n) is 3.97. The Hall–Kier alpha value is -3.07. The van der Waals surface area contributed by atoms with E-state index in [0.29, 0.717) is 28.9 Å². The van der Waals surface area contributed by atoms with E-state index in [1.165, 1.54) is 11.8 Å². The third kappa shape index (κ3) is 4.03. The molecule has 1 aromatic heterocycles. The fourth-order valence-corrected chi connectivity index (χ4v) is 3.35. The van der Waals surface area contributed by atoms with E-state index in [2.05, 4.69) is 20.8 Å². The standard InChI is InChI=1S/C18H17N5O3S/c1-12(17(24)19-14-7-8-15-16(9-14)26-11-25-15)27-18-20-21-22-23(18)10-13-5-3-2-4-6-13/h2-9,12H,10-11H2,1H3,(H,19,24)/t12-/m0/s1. The van der Waals surface area contributed by atoms with Gasteiger partial charge in [-0.15, -0.1) is 5.10 Å². The van der Waals surface area contributed by atoms with E-state index in [0.717, 1.165) is 5.56 Å². The molecule has 1 atom stereocenters. The fraction of sp³-hybridized carbons (Fsp3) is 0.222. The highest BCUT2D eigenvalue weighted by Gasteiger charge is 2.20. The van der Waals surface area contributed by atoms with Crippen molar-refractivity contribution in [3.63, 3.8) is 0 Å². The van der Waals surface area contributed by atoms with Crippen LogP contribution in [-0.4, -0.2) is 38.2 Å². The van der Waals surface area contributed by atoms with Crippen molar-refractivity contribution in [1.29, 1.82) is 0 Å². The zero-order chi connectivity index (χ0) is 18.6. The van der Waals surface area contributed by atoms with E-state index < -0.39 is 0 Å². The number of tetrazole rings is 1. The number of carbonyl (C=O) groups is 1. The second-order valence-electron chi connectivity index (χ2n) is 5.92. The molecule has 0 saturated heterocycles. The van der Waals surface area contributed by atoms with Crippen LogP contribution >= 0.6 is 11.8 Å². The Kier molecular flexibility index (Phi) is 4.93. The van der Waals surface area contributed by atoms with Crippen molar-refractivity contribution in [2.24, 2.45) is 0 Å². The average Bonchev–Trinajstić information content (AvgIpc) is 3.31. The maximum Gasteiger partial charge on any atom is 0.237 e. The van der Waals surface area contributed by atoms with Gasteiger partial charge in [0.2, 0.25) is 17.9 Å². The Morgan fingerprint density at radius 2 is 2.04 bits per heavy atom. The number of amides is 1. The normalized spacial score (nSPS) is 13.4. The first-order valence-electron chi connectivity index (χ1n) is 8.36. The van der Waals surface area contributed by atoms with Crippen LogP contribution in [-0.2, 0) is 11.3 Å². The number of benzene rings is 2.